The first-order chi connectivity index (χ1) is 12.2. The molecule has 0 spiro atoms. The van der Waals surface area contributed by atoms with E-state index >= 15 is 0 Å². The maximum Gasteiger partial charge on any atom is 0.178 e. The van der Waals surface area contributed by atoms with Gasteiger partial charge in [0.2, 0.25) is 0 Å². The van der Waals surface area contributed by atoms with Crippen LogP contribution in [0.4, 0.5) is 4.39 Å². The minimum absolute atomic E-state index is 0.212. The first-order valence-electron chi connectivity index (χ1n) is 8.13. The van der Waals surface area contributed by atoms with E-state index in [-0.39, 0.29) is 5.82 Å². The highest BCUT2D eigenvalue weighted by Crippen LogP contribution is 2.20. The van der Waals surface area contributed by atoms with Gasteiger partial charge in [-0.15, -0.1) is 0 Å². The van der Waals surface area contributed by atoms with Crippen molar-refractivity contribution < 1.29 is 4.39 Å². The molecule has 0 aliphatic carbocycles. The highest BCUT2D eigenvalue weighted by atomic mass is 19.1. The third-order valence-electron chi connectivity index (χ3n) is 4.24. The van der Waals surface area contributed by atoms with Crippen LogP contribution in [0.5, 0.6) is 0 Å². The Morgan fingerprint density at radius 1 is 0.880 bits per heavy atom. The van der Waals surface area contributed by atoms with Crippen LogP contribution in [-0.4, -0.2) is 15.0 Å². The molecule has 0 radical (unpaired) electrons. The molecule has 0 N–H and O–H groups in total. The smallest absolute Gasteiger partial charge is 0.178 e. The Morgan fingerprint density at radius 3 is 2.56 bits per heavy atom. The Morgan fingerprint density at radius 2 is 1.68 bits per heavy atom. The van der Waals surface area contributed by atoms with Crippen molar-refractivity contribution in [3.05, 3.63) is 89.5 Å². The van der Waals surface area contributed by atoms with Gasteiger partial charge in [0, 0.05) is 23.7 Å². The fourth-order valence-electron chi connectivity index (χ4n) is 2.79. The average molecular weight is 329 g/mol. The van der Waals surface area contributed by atoms with Gasteiger partial charge < -0.3 is 0 Å². The SMILES string of the molecule is Cc1ccc(-c2ncc3ccccc3n2)nc1Cc1ccccc1F. The molecule has 25 heavy (non-hydrogen) atoms. The van der Waals surface area contributed by atoms with E-state index in [0.29, 0.717) is 23.5 Å². The van der Waals surface area contributed by atoms with E-state index in [1.807, 2.05) is 49.4 Å². The number of hydrogen-bond acceptors (Lipinski definition) is 3. The van der Waals surface area contributed by atoms with E-state index in [2.05, 4.69) is 9.97 Å². The Hall–Kier alpha value is -3.14. The standard InChI is InChI=1S/C21H16FN3/c1-14-10-11-19(21-23-13-16-7-3-5-9-18(16)25-21)24-20(14)12-15-6-2-4-8-17(15)22/h2-11,13H,12H2,1H3. The molecule has 0 saturated heterocycles. The van der Waals surface area contributed by atoms with E-state index in [1.165, 1.54) is 6.07 Å². The third kappa shape index (κ3) is 3.11. The van der Waals surface area contributed by atoms with Crippen molar-refractivity contribution in [2.75, 3.05) is 0 Å². The van der Waals surface area contributed by atoms with Gasteiger partial charge in [-0.25, -0.2) is 19.3 Å². The van der Waals surface area contributed by atoms with Crippen molar-refractivity contribution in [1.29, 1.82) is 0 Å². The lowest BCUT2D eigenvalue weighted by Gasteiger charge is -2.09. The number of benzene rings is 2. The van der Waals surface area contributed by atoms with E-state index in [4.69, 9.17) is 4.98 Å². The van der Waals surface area contributed by atoms with Crippen molar-refractivity contribution in [2.24, 2.45) is 0 Å². The van der Waals surface area contributed by atoms with E-state index in [0.717, 1.165) is 22.2 Å². The van der Waals surface area contributed by atoms with Crippen molar-refractivity contribution in [3.8, 4) is 11.5 Å². The van der Waals surface area contributed by atoms with Gasteiger partial charge in [0.1, 0.15) is 11.5 Å². The topological polar surface area (TPSA) is 38.7 Å². The van der Waals surface area contributed by atoms with Crippen molar-refractivity contribution in [1.82, 2.24) is 15.0 Å². The molecular formula is C21H16FN3. The van der Waals surface area contributed by atoms with E-state index < -0.39 is 0 Å². The second-order valence-corrected chi connectivity index (χ2v) is 5.98. The van der Waals surface area contributed by atoms with Gasteiger partial charge in [-0.05, 0) is 36.2 Å². The molecule has 4 rings (SSSR count). The van der Waals surface area contributed by atoms with Crippen LogP contribution in [0.3, 0.4) is 0 Å². The Kier molecular flexibility index (Phi) is 3.94. The molecule has 0 saturated carbocycles. The van der Waals surface area contributed by atoms with Crippen LogP contribution in [0.15, 0.2) is 66.9 Å². The fourth-order valence-corrected chi connectivity index (χ4v) is 2.79. The molecule has 2 aromatic carbocycles. The minimum atomic E-state index is -0.212. The Labute approximate surface area is 145 Å². The molecule has 0 fully saturated rings. The predicted molar refractivity (Wildman–Crippen MR) is 96.7 cm³/mol. The predicted octanol–water partition coefficient (Wildman–Crippen LogP) is 4.73. The zero-order valence-electron chi connectivity index (χ0n) is 13.8. The molecule has 0 bridgehead atoms. The normalized spacial score (nSPS) is 11.0. The fraction of sp³-hybridized carbons (Fsp3) is 0.0952. The summed E-state index contributed by atoms with van der Waals surface area (Å²) in [5, 5.41) is 0.991. The maximum atomic E-state index is 14.0. The number of para-hydroxylation sites is 1. The molecule has 0 amide bonds. The summed E-state index contributed by atoms with van der Waals surface area (Å²) in [6.45, 7) is 1.98. The van der Waals surface area contributed by atoms with Crippen molar-refractivity contribution in [3.63, 3.8) is 0 Å². The van der Waals surface area contributed by atoms with Gasteiger partial charge in [0.15, 0.2) is 5.82 Å². The van der Waals surface area contributed by atoms with Gasteiger partial charge in [0.25, 0.3) is 0 Å². The zero-order valence-corrected chi connectivity index (χ0v) is 13.8. The summed E-state index contributed by atoms with van der Waals surface area (Å²) >= 11 is 0. The van der Waals surface area contributed by atoms with Crippen LogP contribution >= 0.6 is 0 Å². The lowest BCUT2D eigenvalue weighted by atomic mass is 10.0. The first kappa shape index (κ1) is 15.4. The number of aryl methyl sites for hydroxylation is 1. The van der Waals surface area contributed by atoms with Gasteiger partial charge in [0.05, 0.1) is 5.52 Å². The van der Waals surface area contributed by atoms with Gasteiger partial charge >= 0.3 is 0 Å². The Bertz CT molecular complexity index is 1060. The van der Waals surface area contributed by atoms with Gasteiger partial charge in [-0.3, -0.25) is 0 Å². The largest absolute Gasteiger partial charge is 0.249 e. The van der Waals surface area contributed by atoms with Crippen LogP contribution < -0.4 is 0 Å². The van der Waals surface area contributed by atoms with Crippen molar-refractivity contribution >= 4 is 10.9 Å². The highest BCUT2D eigenvalue weighted by Gasteiger charge is 2.10. The van der Waals surface area contributed by atoms with Gasteiger partial charge in [-0.1, -0.05) is 42.5 Å². The van der Waals surface area contributed by atoms with Crippen molar-refractivity contribution in [2.45, 2.75) is 13.3 Å². The van der Waals surface area contributed by atoms with Crippen LogP contribution in [0.1, 0.15) is 16.8 Å². The van der Waals surface area contributed by atoms with E-state index in [9.17, 15) is 4.39 Å². The molecule has 0 atom stereocenters. The summed E-state index contributed by atoms with van der Waals surface area (Å²) in [6, 6.07) is 18.5. The molecule has 4 aromatic rings. The highest BCUT2D eigenvalue weighted by molar-refractivity contribution is 5.79. The molecule has 3 nitrogen and oxygen atoms in total. The summed E-state index contributed by atoms with van der Waals surface area (Å²) in [7, 11) is 0. The number of nitrogens with zero attached hydrogens (tertiary/aromatic N) is 3. The van der Waals surface area contributed by atoms with Crippen LogP contribution in [0, 0.1) is 12.7 Å². The second-order valence-electron chi connectivity index (χ2n) is 5.98. The summed E-state index contributed by atoms with van der Waals surface area (Å²) in [5.41, 5.74) is 4.06. The number of halogens is 1. The number of fused-ring (bicyclic) bond motifs is 1. The molecular weight excluding hydrogens is 313 g/mol. The summed E-state index contributed by atoms with van der Waals surface area (Å²) in [5.74, 6) is 0.365. The monoisotopic (exact) mass is 329 g/mol. The number of pyridine rings is 1. The summed E-state index contributed by atoms with van der Waals surface area (Å²) in [6.07, 6.45) is 2.25. The van der Waals surface area contributed by atoms with Crippen LogP contribution in [-0.2, 0) is 6.42 Å². The second kappa shape index (κ2) is 6.40. The molecule has 4 heteroatoms. The average Bonchev–Trinajstić information content (AvgIpc) is 2.65. The molecule has 0 unspecified atom stereocenters. The molecule has 2 heterocycles. The summed E-state index contributed by atoms with van der Waals surface area (Å²) < 4.78 is 14.0. The van der Waals surface area contributed by atoms with E-state index in [1.54, 1.807) is 18.3 Å². The van der Waals surface area contributed by atoms with Gasteiger partial charge in [-0.2, -0.15) is 0 Å². The number of rotatable bonds is 3. The third-order valence-corrected chi connectivity index (χ3v) is 4.24. The minimum Gasteiger partial charge on any atom is -0.249 e. The molecule has 2 aromatic heterocycles. The molecule has 0 aliphatic rings. The van der Waals surface area contributed by atoms with Crippen LogP contribution in [0.25, 0.3) is 22.4 Å². The number of aromatic nitrogens is 3. The summed E-state index contributed by atoms with van der Waals surface area (Å²) in [4.78, 5) is 13.7. The first-order valence-corrected chi connectivity index (χ1v) is 8.13. The molecule has 122 valence electrons. The lowest BCUT2D eigenvalue weighted by molar-refractivity contribution is 0.613. The van der Waals surface area contributed by atoms with Crippen LogP contribution in [0.2, 0.25) is 0 Å². The Balaban J connectivity index is 1.74. The quantitative estimate of drug-likeness (QED) is 0.545. The lowest BCUT2D eigenvalue weighted by Crippen LogP contribution is -2.01. The molecule has 0 aliphatic heterocycles. The zero-order chi connectivity index (χ0) is 17.2. The maximum absolute atomic E-state index is 14.0. The number of hydrogen-bond donors (Lipinski definition) is 0.